The van der Waals surface area contributed by atoms with Crippen LogP contribution in [0, 0.1) is 0 Å². The zero-order valence-corrected chi connectivity index (χ0v) is 18.6. The van der Waals surface area contributed by atoms with Crippen LogP contribution < -0.4 is 5.32 Å². The quantitative estimate of drug-likeness (QED) is 0.738. The number of benzene rings is 2. The highest BCUT2D eigenvalue weighted by Crippen LogP contribution is 2.20. The Morgan fingerprint density at radius 3 is 2.42 bits per heavy atom. The maximum atomic E-state index is 12.7. The number of fused-ring (bicyclic) bond motifs is 1. The fourth-order valence-electron chi connectivity index (χ4n) is 4.08. The number of sulfonamides is 1. The lowest BCUT2D eigenvalue weighted by atomic mass is 9.99. The van der Waals surface area contributed by atoms with E-state index < -0.39 is 10.0 Å². The maximum Gasteiger partial charge on any atom is 0.251 e. The van der Waals surface area contributed by atoms with E-state index in [2.05, 4.69) is 41.4 Å². The van der Waals surface area contributed by atoms with Crippen molar-refractivity contribution in [3.8, 4) is 0 Å². The normalized spacial score (nSPS) is 18.9. The van der Waals surface area contributed by atoms with Gasteiger partial charge in [-0.3, -0.25) is 9.69 Å². The Balaban J connectivity index is 1.33. The molecular formula is C23H29N3O4S. The zero-order valence-electron chi connectivity index (χ0n) is 17.8. The Bertz CT molecular complexity index is 1020. The van der Waals surface area contributed by atoms with Crippen molar-refractivity contribution in [2.24, 2.45) is 0 Å². The first-order valence-electron chi connectivity index (χ1n) is 10.7. The molecule has 166 valence electrons. The molecular weight excluding hydrogens is 414 g/mol. The first kappa shape index (κ1) is 22.0. The number of carbonyl (C=O) groups excluding carboxylic acids is 1. The van der Waals surface area contributed by atoms with Crippen molar-refractivity contribution in [2.45, 2.75) is 30.8 Å². The predicted molar refractivity (Wildman–Crippen MR) is 118 cm³/mol. The third kappa shape index (κ3) is 4.98. The van der Waals surface area contributed by atoms with Crippen LogP contribution in [0.2, 0.25) is 0 Å². The van der Waals surface area contributed by atoms with Gasteiger partial charge < -0.3 is 10.1 Å². The van der Waals surface area contributed by atoms with Crippen molar-refractivity contribution in [2.75, 3.05) is 39.4 Å². The lowest BCUT2D eigenvalue weighted by Gasteiger charge is -2.33. The Hall–Kier alpha value is -2.26. The molecule has 7 nitrogen and oxygen atoms in total. The lowest BCUT2D eigenvalue weighted by molar-refractivity contribution is 0.0730. The van der Waals surface area contributed by atoms with E-state index in [0.29, 0.717) is 38.4 Å². The average Bonchev–Trinajstić information content (AvgIpc) is 2.82. The third-order valence-corrected chi connectivity index (χ3v) is 7.98. The molecule has 2 aromatic carbocycles. The minimum atomic E-state index is -3.55. The van der Waals surface area contributed by atoms with Crippen LogP contribution in [0.4, 0.5) is 0 Å². The molecule has 1 unspecified atom stereocenters. The first-order chi connectivity index (χ1) is 14.9. The summed E-state index contributed by atoms with van der Waals surface area (Å²) in [6.45, 7) is 6.03. The summed E-state index contributed by atoms with van der Waals surface area (Å²) in [5.74, 6) is -0.195. The second-order valence-electron chi connectivity index (χ2n) is 8.09. The first-order valence-corrected chi connectivity index (χ1v) is 12.2. The number of nitrogens with zero attached hydrogens (tertiary/aromatic N) is 2. The van der Waals surface area contributed by atoms with Gasteiger partial charge in [-0.25, -0.2) is 8.42 Å². The molecule has 2 aliphatic rings. The number of nitrogens with one attached hydrogen (secondary N) is 1. The maximum absolute atomic E-state index is 12.7. The molecule has 0 bridgehead atoms. The van der Waals surface area contributed by atoms with Gasteiger partial charge in [-0.15, -0.1) is 0 Å². The Labute approximate surface area is 184 Å². The average molecular weight is 444 g/mol. The van der Waals surface area contributed by atoms with Crippen LogP contribution in [0.25, 0.3) is 0 Å². The molecule has 0 saturated carbocycles. The van der Waals surface area contributed by atoms with Gasteiger partial charge in [-0.1, -0.05) is 24.3 Å². The van der Waals surface area contributed by atoms with E-state index in [0.717, 1.165) is 19.5 Å². The Morgan fingerprint density at radius 1 is 1.03 bits per heavy atom. The van der Waals surface area contributed by atoms with E-state index in [1.165, 1.54) is 27.6 Å². The van der Waals surface area contributed by atoms with E-state index in [9.17, 15) is 13.2 Å². The largest absolute Gasteiger partial charge is 0.379 e. The van der Waals surface area contributed by atoms with Crippen molar-refractivity contribution in [1.29, 1.82) is 0 Å². The highest BCUT2D eigenvalue weighted by atomic mass is 32.2. The minimum absolute atomic E-state index is 0.195. The van der Waals surface area contributed by atoms with Crippen LogP contribution in [0.1, 0.15) is 28.4 Å². The van der Waals surface area contributed by atoms with Crippen LogP contribution in [0.3, 0.4) is 0 Å². The summed E-state index contributed by atoms with van der Waals surface area (Å²) in [4.78, 5) is 15.2. The molecule has 31 heavy (non-hydrogen) atoms. The second kappa shape index (κ2) is 9.48. The molecule has 0 spiro atoms. The molecule has 1 N–H and O–H groups in total. The molecule has 2 aromatic rings. The smallest absolute Gasteiger partial charge is 0.251 e. The molecule has 0 aliphatic carbocycles. The third-order valence-electron chi connectivity index (χ3n) is 6.07. The van der Waals surface area contributed by atoms with Crippen LogP contribution in [0.5, 0.6) is 0 Å². The molecule has 0 radical (unpaired) electrons. The summed E-state index contributed by atoms with van der Waals surface area (Å²) >= 11 is 0. The summed E-state index contributed by atoms with van der Waals surface area (Å²) in [7, 11) is -3.55. The van der Waals surface area contributed by atoms with Crippen molar-refractivity contribution in [3.63, 3.8) is 0 Å². The number of carbonyl (C=O) groups is 1. The number of hydrogen-bond acceptors (Lipinski definition) is 5. The number of rotatable bonds is 6. The van der Waals surface area contributed by atoms with Crippen LogP contribution >= 0.6 is 0 Å². The minimum Gasteiger partial charge on any atom is -0.379 e. The van der Waals surface area contributed by atoms with Crippen molar-refractivity contribution in [3.05, 3.63) is 65.2 Å². The summed E-state index contributed by atoms with van der Waals surface area (Å²) in [5.41, 5.74) is 3.21. The van der Waals surface area contributed by atoms with Crippen molar-refractivity contribution >= 4 is 15.9 Å². The van der Waals surface area contributed by atoms with E-state index in [1.54, 1.807) is 12.1 Å². The highest BCUT2D eigenvalue weighted by Gasteiger charge is 2.26. The van der Waals surface area contributed by atoms with Crippen molar-refractivity contribution in [1.82, 2.24) is 14.5 Å². The second-order valence-corrected chi connectivity index (χ2v) is 10.0. The van der Waals surface area contributed by atoms with E-state index >= 15 is 0 Å². The molecule has 1 saturated heterocycles. The topological polar surface area (TPSA) is 79.0 Å². The molecule has 8 heteroatoms. The number of hydrogen-bond donors (Lipinski definition) is 1. The van der Waals surface area contributed by atoms with Gasteiger partial charge in [0.25, 0.3) is 5.91 Å². The van der Waals surface area contributed by atoms with E-state index in [1.807, 2.05) is 0 Å². The fourth-order valence-corrected chi connectivity index (χ4v) is 5.49. The van der Waals surface area contributed by atoms with E-state index in [-0.39, 0.29) is 16.8 Å². The SMILES string of the molecule is CC(CNC(=O)c1ccc(S(=O)(=O)N2CCOCC2)cc1)N1CCc2ccccc2C1. The number of amides is 1. The van der Waals surface area contributed by atoms with Gasteiger partial charge >= 0.3 is 0 Å². The Kier molecular flexibility index (Phi) is 6.71. The van der Waals surface area contributed by atoms with Gasteiger partial charge in [-0.05, 0) is 48.7 Å². The summed E-state index contributed by atoms with van der Waals surface area (Å²) in [5, 5.41) is 2.98. The highest BCUT2D eigenvalue weighted by molar-refractivity contribution is 7.89. The van der Waals surface area contributed by atoms with Crippen LogP contribution in [-0.2, 0) is 27.7 Å². The fraction of sp³-hybridized carbons (Fsp3) is 0.435. The molecule has 2 aliphatic heterocycles. The number of ether oxygens (including phenoxy) is 1. The lowest BCUT2D eigenvalue weighted by Crippen LogP contribution is -2.44. The molecule has 1 fully saturated rings. The summed E-state index contributed by atoms with van der Waals surface area (Å²) in [6.07, 6.45) is 1.02. The molecule has 2 heterocycles. The van der Waals surface area contributed by atoms with Gasteiger partial charge in [0, 0.05) is 44.3 Å². The van der Waals surface area contributed by atoms with Gasteiger partial charge in [-0.2, -0.15) is 4.31 Å². The van der Waals surface area contributed by atoms with Gasteiger partial charge in [0.15, 0.2) is 0 Å². The van der Waals surface area contributed by atoms with E-state index in [4.69, 9.17) is 4.74 Å². The van der Waals surface area contributed by atoms with Crippen LogP contribution in [-0.4, -0.2) is 69.0 Å². The Morgan fingerprint density at radius 2 is 1.71 bits per heavy atom. The van der Waals surface area contributed by atoms with Crippen molar-refractivity contribution < 1.29 is 17.9 Å². The number of morpholine rings is 1. The molecule has 4 rings (SSSR count). The van der Waals surface area contributed by atoms with Gasteiger partial charge in [0.2, 0.25) is 10.0 Å². The van der Waals surface area contributed by atoms with Gasteiger partial charge in [0.05, 0.1) is 18.1 Å². The summed E-state index contributed by atoms with van der Waals surface area (Å²) < 4.78 is 32.1. The standard InChI is InChI=1S/C23H29N3O4S/c1-18(25-11-10-19-4-2-3-5-21(19)17-25)16-24-23(27)20-6-8-22(9-7-20)31(28,29)26-12-14-30-15-13-26/h2-9,18H,10-17H2,1H3,(H,24,27). The zero-order chi connectivity index (χ0) is 21.8. The monoisotopic (exact) mass is 443 g/mol. The van der Waals surface area contributed by atoms with Gasteiger partial charge in [0.1, 0.15) is 0 Å². The summed E-state index contributed by atoms with van der Waals surface area (Å²) in [6, 6.07) is 14.9. The predicted octanol–water partition coefficient (Wildman–Crippen LogP) is 1.88. The molecule has 1 atom stereocenters. The molecule has 0 aromatic heterocycles. The molecule has 1 amide bonds. The van der Waals surface area contributed by atoms with Crippen LogP contribution in [0.15, 0.2) is 53.4 Å².